The highest BCUT2D eigenvalue weighted by atomic mass is 16.3. The molecule has 0 unspecified atom stereocenters. The van der Waals surface area contributed by atoms with Gasteiger partial charge in [0.2, 0.25) is 0 Å². The van der Waals surface area contributed by atoms with Crippen molar-refractivity contribution in [2.24, 2.45) is 0 Å². The summed E-state index contributed by atoms with van der Waals surface area (Å²) in [6.45, 7) is 0. The van der Waals surface area contributed by atoms with Gasteiger partial charge in [0.1, 0.15) is 11.2 Å². The summed E-state index contributed by atoms with van der Waals surface area (Å²) in [5, 5.41) is 7.20. The maximum atomic E-state index is 6.44. The van der Waals surface area contributed by atoms with Gasteiger partial charge < -0.3 is 13.9 Å². The summed E-state index contributed by atoms with van der Waals surface area (Å²) in [6.07, 6.45) is 0. The van der Waals surface area contributed by atoms with E-state index in [0.717, 1.165) is 61.4 Å². The molecule has 2 heterocycles. The Kier molecular flexibility index (Phi) is 8.17. The molecule has 0 bridgehead atoms. The van der Waals surface area contributed by atoms with Crippen LogP contribution in [0.2, 0.25) is 0 Å². The van der Waals surface area contributed by atoms with E-state index in [1.54, 1.807) is 0 Å². The molecule has 0 saturated carbocycles. The first-order chi connectivity index (χ1) is 30.3. The zero-order valence-corrected chi connectivity index (χ0v) is 33.2. The monoisotopic (exact) mass is 778 g/mol. The van der Waals surface area contributed by atoms with Crippen LogP contribution in [0.1, 0.15) is 0 Å². The maximum Gasteiger partial charge on any atom is 0.143 e. The largest absolute Gasteiger partial charge is 0.455 e. The molecule has 12 aromatic rings. The number of hydrogen-bond donors (Lipinski definition) is 0. The number of fused-ring (bicyclic) bond motifs is 7. The molecule has 0 radical (unpaired) electrons. The molecule has 2 aromatic heterocycles. The average Bonchev–Trinajstić information content (AvgIpc) is 3.88. The normalized spacial score (nSPS) is 11.6. The highest BCUT2D eigenvalue weighted by molar-refractivity contribution is 6.12. The summed E-state index contributed by atoms with van der Waals surface area (Å²) in [7, 11) is 0. The topological polar surface area (TPSA) is 21.3 Å². The molecule has 61 heavy (non-hydrogen) atoms. The van der Waals surface area contributed by atoms with Crippen molar-refractivity contribution < 1.29 is 4.42 Å². The van der Waals surface area contributed by atoms with E-state index in [4.69, 9.17) is 4.42 Å². The van der Waals surface area contributed by atoms with Crippen molar-refractivity contribution in [1.29, 1.82) is 0 Å². The molecule has 12 rings (SSSR count). The lowest BCUT2D eigenvalue weighted by atomic mass is 9.95. The van der Waals surface area contributed by atoms with Gasteiger partial charge in [-0.25, -0.2) is 0 Å². The SMILES string of the molecule is c1ccc(-c2ccc(N(c3ccc(-c4c(-n5c6ccccc6c6ccccc65)ccc5ccccc45)cc3)c3ccc(-c4cccc5c4oc4ccccc45)cc3)cc2)cc1. The summed E-state index contributed by atoms with van der Waals surface area (Å²) >= 11 is 0. The van der Waals surface area contributed by atoms with E-state index in [9.17, 15) is 0 Å². The Bertz CT molecular complexity index is 3510. The van der Waals surface area contributed by atoms with Crippen molar-refractivity contribution in [1.82, 2.24) is 4.57 Å². The van der Waals surface area contributed by atoms with E-state index in [0.29, 0.717) is 0 Å². The third-order valence-corrected chi connectivity index (χ3v) is 12.2. The van der Waals surface area contributed by atoms with Crippen LogP contribution >= 0.6 is 0 Å². The minimum Gasteiger partial charge on any atom is -0.455 e. The first-order valence-corrected chi connectivity index (χ1v) is 20.8. The van der Waals surface area contributed by atoms with Crippen LogP contribution in [0.5, 0.6) is 0 Å². The molecule has 0 atom stereocenters. The van der Waals surface area contributed by atoms with Crippen LogP contribution in [0.3, 0.4) is 0 Å². The van der Waals surface area contributed by atoms with Crippen LogP contribution in [0.25, 0.3) is 93.6 Å². The van der Waals surface area contributed by atoms with E-state index in [1.165, 1.54) is 49.3 Å². The minimum atomic E-state index is 0.904. The Morgan fingerprint density at radius 3 is 1.51 bits per heavy atom. The van der Waals surface area contributed by atoms with Gasteiger partial charge in [0, 0.05) is 49.7 Å². The highest BCUT2D eigenvalue weighted by Crippen LogP contribution is 2.43. The predicted molar refractivity (Wildman–Crippen MR) is 257 cm³/mol. The zero-order valence-electron chi connectivity index (χ0n) is 33.2. The number of rotatable bonds is 7. The lowest BCUT2D eigenvalue weighted by Gasteiger charge is -2.26. The molecule has 0 saturated heterocycles. The molecular formula is C58H38N2O. The summed E-state index contributed by atoms with van der Waals surface area (Å²) in [5.41, 5.74) is 15.5. The fourth-order valence-electron chi connectivity index (χ4n) is 9.35. The van der Waals surface area contributed by atoms with Crippen molar-refractivity contribution >= 4 is 71.6 Å². The highest BCUT2D eigenvalue weighted by Gasteiger charge is 2.20. The molecule has 0 aliphatic heterocycles. The van der Waals surface area contributed by atoms with Crippen LogP contribution in [-0.2, 0) is 0 Å². The molecule has 0 aliphatic carbocycles. The fraction of sp³-hybridized carbons (Fsp3) is 0. The zero-order chi connectivity index (χ0) is 40.3. The number of benzene rings is 10. The number of hydrogen-bond acceptors (Lipinski definition) is 2. The molecule has 0 N–H and O–H groups in total. The number of aromatic nitrogens is 1. The summed E-state index contributed by atoms with van der Waals surface area (Å²) in [5.74, 6) is 0. The van der Waals surface area contributed by atoms with E-state index >= 15 is 0 Å². The summed E-state index contributed by atoms with van der Waals surface area (Å²) < 4.78 is 8.88. The number of para-hydroxylation sites is 4. The fourth-order valence-corrected chi connectivity index (χ4v) is 9.35. The van der Waals surface area contributed by atoms with Crippen LogP contribution in [0.15, 0.2) is 235 Å². The first-order valence-electron chi connectivity index (χ1n) is 20.8. The molecule has 10 aromatic carbocycles. The third-order valence-electron chi connectivity index (χ3n) is 12.2. The standard InChI is InChI=1S/C58H38N2O/c1-2-13-39(14-3-1)40-25-32-44(33-26-40)59(45-34-27-42(28-35-45)48-20-12-21-52-51-19-8-11-24-56(51)61-58(48)52)46-36-29-43(30-37-46)57-47-16-5-4-15-41(47)31-38-55(57)60-53-22-9-6-17-49(53)50-18-7-10-23-54(50)60/h1-38H. The third kappa shape index (κ3) is 5.82. The lowest BCUT2D eigenvalue weighted by molar-refractivity contribution is 0.670. The van der Waals surface area contributed by atoms with Crippen molar-refractivity contribution in [3.05, 3.63) is 231 Å². The molecule has 0 amide bonds. The van der Waals surface area contributed by atoms with E-state index in [1.807, 2.05) is 12.1 Å². The Morgan fingerprint density at radius 2 is 0.836 bits per heavy atom. The van der Waals surface area contributed by atoms with Crippen molar-refractivity contribution in [3.63, 3.8) is 0 Å². The van der Waals surface area contributed by atoms with Gasteiger partial charge in [-0.1, -0.05) is 170 Å². The van der Waals surface area contributed by atoms with Gasteiger partial charge >= 0.3 is 0 Å². The number of furan rings is 1. The van der Waals surface area contributed by atoms with E-state index in [2.05, 4.69) is 228 Å². The van der Waals surface area contributed by atoms with Gasteiger partial charge in [0.05, 0.1) is 16.7 Å². The smallest absolute Gasteiger partial charge is 0.143 e. The first kappa shape index (κ1) is 34.9. The van der Waals surface area contributed by atoms with E-state index < -0.39 is 0 Å². The summed E-state index contributed by atoms with van der Waals surface area (Å²) in [6, 6.07) is 82.9. The van der Waals surface area contributed by atoms with Crippen LogP contribution in [0.4, 0.5) is 17.1 Å². The predicted octanol–water partition coefficient (Wildman–Crippen LogP) is 16.3. The molecule has 3 heteroatoms. The molecular weight excluding hydrogens is 741 g/mol. The number of nitrogens with zero attached hydrogens (tertiary/aromatic N) is 2. The Labute approximate surface area is 353 Å². The van der Waals surface area contributed by atoms with Crippen molar-refractivity contribution in [2.75, 3.05) is 4.90 Å². The van der Waals surface area contributed by atoms with Crippen LogP contribution in [-0.4, -0.2) is 4.57 Å². The Morgan fingerprint density at radius 1 is 0.328 bits per heavy atom. The van der Waals surface area contributed by atoms with Gasteiger partial charge in [0.15, 0.2) is 0 Å². The second-order valence-electron chi connectivity index (χ2n) is 15.7. The molecule has 286 valence electrons. The van der Waals surface area contributed by atoms with Gasteiger partial charge in [-0.05, 0) is 93.7 Å². The molecule has 0 aliphatic rings. The van der Waals surface area contributed by atoms with Crippen LogP contribution < -0.4 is 4.90 Å². The second kappa shape index (κ2) is 14.3. The Hall–Kier alpha value is -8.14. The molecule has 3 nitrogen and oxygen atoms in total. The second-order valence-corrected chi connectivity index (χ2v) is 15.7. The van der Waals surface area contributed by atoms with Gasteiger partial charge in [-0.15, -0.1) is 0 Å². The van der Waals surface area contributed by atoms with Crippen molar-refractivity contribution in [3.8, 4) is 39.1 Å². The molecule has 0 fully saturated rings. The van der Waals surface area contributed by atoms with Gasteiger partial charge in [-0.3, -0.25) is 0 Å². The van der Waals surface area contributed by atoms with Crippen LogP contribution in [0, 0.1) is 0 Å². The Balaban J connectivity index is 0.993. The number of anilines is 3. The molecule has 0 spiro atoms. The van der Waals surface area contributed by atoms with Gasteiger partial charge in [-0.2, -0.15) is 0 Å². The lowest BCUT2D eigenvalue weighted by Crippen LogP contribution is -2.10. The minimum absolute atomic E-state index is 0.904. The van der Waals surface area contributed by atoms with Gasteiger partial charge in [0.25, 0.3) is 0 Å². The van der Waals surface area contributed by atoms with Crippen molar-refractivity contribution in [2.45, 2.75) is 0 Å². The van der Waals surface area contributed by atoms with E-state index in [-0.39, 0.29) is 0 Å². The maximum absolute atomic E-state index is 6.44. The average molecular weight is 779 g/mol. The summed E-state index contributed by atoms with van der Waals surface area (Å²) in [4.78, 5) is 2.35. The quantitative estimate of drug-likeness (QED) is 0.161.